The molecule has 0 heterocycles. The lowest BCUT2D eigenvalue weighted by Crippen LogP contribution is -2.14. The van der Waals surface area contributed by atoms with Gasteiger partial charge in [-0.3, -0.25) is 5.41 Å². The van der Waals surface area contributed by atoms with Gasteiger partial charge < -0.3 is 15.9 Å². The minimum absolute atomic E-state index is 0.0335. The molecule has 1 rings (SSSR count). The number of rotatable bonds is 5. The van der Waals surface area contributed by atoms with Crippen LogP contribution < -0.4 is 5.73 Å². The second-order valence-corrected chi connectivity index (χ2v) is 4.68. The molecule has 0 aromatic heterocycles. The number of aliphatic hydroxyl groups is 2. The van der Waals surface area contributed by atoms with Crippen LogP contribution in [0.2, 0.25) is 5.02 Å². The van der Waals surface area contributed by atoms with E-state index in [1.54, 1.807) is 18.2 Å². The number of aliphatic hydroxyl groups excluding tert-OH is 2. The summed E-state index contributed by atoms with van der Waals surface area (Å²) < 4.78 is 0. The second kappa shape index (κ2) is 6.10. The van der Waals surface area contributed by atoms with Crippen molar-refractivity contribution in [3.63, 3.8) is 0 Å². The quantitative estimate of drug-likeness (QED) is 0.362. The molecule has 16 heavy (non-hydrogen) atoms. The Hall–Kier alpha value is -0.750. The fraction of sp³-hybridized carbons (Fsp3) is 0.300. The highest BCUT2D eigenvalue weighted by atomic mass is 35.5. The zero-order valence-electron chi connectivity index (χ0n) is 8.48. The van der Waals surface area contributed by atoms with Gasteiger partial charge in [-0.05, 0) is 12.1 Å². The van der Waals surface area contributed by atoms with Crippen LogP contribution in [0.25, 0.3) is 0 Å². The third-order valence-electron chi connectivity index (χ3n) is 1.88. The van der Waals surface area contributed by atoms with E-state index in [0.29, 0.717) is 16.3 Å². The molecular formula is C10H13ClN2O2S. The standard InChI is InChI=1S/C10H13ClN2O2S/c11-8-3-6(10(12)13)1-2-9(8)16-5-7(15)4-14/h1-3,7,14-15H,4-5H2,(H3,12,13). The number of nitrogens with one attached hydrogen (secondary N) is 1. The number of benzene rings is 1. The average Bonchev–Trinajstić information content (AvgIpc) is 2.26. The molecule has 0 bridgehead atoms. The summed E-state index contributed by atoms with van der Waals surface area (Å²) >= 11 is 7.33. The van der Waals surface area contributed by atoms with E-state index in [0.717, 1.165) is 4.90 Å². The van der Waals surface area contributed by atoms with E-state index in [2.05, 4.69) is 0 Å². The van der Waals surface area contributed by atoms with Crippen molar-refractivity contribution in [2.24, 2.45) is 5.73 Å². The van der Waals surface area contributed by atoms with Gasteiger partial charge in [0, 0.05) is 16.2 Å². The Morgan fingerprint density at radius 2 is 2.25 bits per heavy atom. The lowest BCUT2D eigenvalue weighted by atomic mass is 10.2. The summed E-state index contributed by atoms with van der Waals surface area (Å²) in [6.45, 7) is -0.268. The minimum Gasteiger partial charge on any atom is -0.394 e. The molecule has 0 aliphatic rings. The van der Waals surface area contributed by atoms with Gasteiger partial charge in [0.05, 0.1) is 17.7 Å². The smallest absolute Gasteiger partial charge is 0.122 e. The second-order valence-electron chi connectivity index (χ2n) is 3.21. The Bertz CT molecular complexity index is 387. The van der Waals surface area contributed by atoms with E-state index in [-0.39, 0.29) is 12.4 Å². The number of nitrogens with two attached hydrogens (primary N) is 1. The van der Waals surface area contributed by atoms with Crippen LogP contribution in [-0.4, -0.2) is 34.5 Å². The summed E-state index contributed by atoms with van der Waals surface area (Å²) in [5.74, 6) is 0.337. The molecule has 0 saturated carbocycles. The van der Waals surface area contributed by atoms with Crippen molar-refractivity contribution in [2.75, 3.05) is 12.4 Å². The van der Waals surface area contributed by atoms with Gasteiger partial charge in [-0.25, -0.2) is 0 Å². The first-order valence-electron chi connectivity index (χ1n) is 4.60. The van der Waals surface area contributed by atoms with Crippen molar-refractivity contribution in [1.82, 2.24) is 0 Å². The molecule has 1 atom stereocenters. The molecule has 0 aliphatic carbocycles. The molecule has 0 fully saturated rings. The monoisotopic (exact) mass is 260 g/mol. The lowest BCUT2D eigenvalue weighted by molar-refractivity contribution is 0.113. The Balaban J connectivity index is 2.72. The maximum Gasteiger partial charge on any atom is 0.122 e. The van der Waals surface area contributed by atoms with Crippen LogP contribution in [-0.2, 0) is 0 Å². The number of hydrogen-bond donors (Lipinski definition) is 4. The van der Waals surface area contributed by atoms with Gasteiger partial charge in [-0.1, -0.05) is 17.7 Å². The van der Waals surface area contributed by atoms with E-state index in [1.165, 1.54) is 11.8 Å². The van der Waals surface area contributed by atoms with E-state index >= 15 is 0 Å². The van der Waals surface area contributed by atoms with Crippen molar-refractivity contribution in [2.45, 2.75) is 11.0 Å². The summed E-state index contributed by atoms with van der Waals surface area (Å²) in [6.07, 6.45) is -0.756. The Morgan fingerprint density at radius 1 is 1.56 bits per heavy atom. The SMILES string of the molecule is N=C(N)c1ccc(SCC(O)CO)c(Cl)c1. The van der Waals surface area contributed by atoms with Crippen molar-refractivity contribution < 1.29 is 10.2 Å². The van der Waals surface area contributed by atoms with Gasteiger partial charge in [-0.15, -0.1) is 11.8 Å². The van der Waals surface area contributed by atoms with Crippen molar-refractivity contribution in [3.05, 3.63) is 28.8 Å². The van der Waals surface area contributed by atoms with Crippen LogP contribution in [0.1, 0.15) is 5.56 Å². The minimum atomic E-state index is -0.756. The van der Waals surface area contributed by atoms with Crippen LogP contribution in [0.3, 0.4) is 0 Å². The Labute approximate surface area is 103 Å². The largest absolute Gasteiger partial charge is 0.394 e. The number of thioether (sulfide) groups is 1. The molecule has 0 radical (unpaired) electrons. The van der Waals surface area contributed by atoms with Gasteiger partial charge in [-0.2, -0.15) is 0 Å². The highest BCUT2D eigenvalue weighted by Gasteiger charge is 2.07. The first-order valence-corrected chi connectivity index (χ1v) is 5.96. The summed E-state index contributed by atoms with van der Waals surface area (Å²) in [7, 11) is 0. The van der Waals surface area contributed by atoms with E-state index in [4.69, 9.17) is 27.9 Å². The van der Waals surface area contributed by atoms with Crippen molar-refractivity contribution >= 4 is 29.2 Å². The number of hydrogen-bond acceptors (Lipinski definition) is 4. The molecule has 1 aromatic rings. The molecule has 0 amide bonds. The number of amidine groups is 1. The molecule has 0 aliphatic heterocycles. The van der Waals surface area contributed by atoms with E-state index in [1.807, 2.05) is 0 Å². The predicted molar refractivity (Wildman–Crippen MR) is 66.3 cm³/mol. The molecule has 1 aromatic carbocycles. The molecule has 1 unspecified atom stereocenters. The summed E-state index contributed by atoms with van der Waals surface area (Å²) in [6, 6.07) is 5.05. The topological polar surface area (TPSA) is 90.3 Å². The molecule has 88 valence electrons. The van der Waals surface area contributed by atoms with E-state index < -0.39 is 6.10 Å². The zero-order valence-corrected chi connectivity index (χ0v) is 10.1. The number of halogens is 1. The number of nitrogen functional groups attached to an aromatic ring is 1. The predicted octanol–water partition coefficient (Wildman–Crippen LogP) is 1.07. The average molecular weight is 261 g/mol. The van der Waals surface area contributed by atoms with Gasteiger partial charge in [0.25, 0.3) is 0 Å². The van der Waals surface area contributed by atoms with Crippen LogP contribution >= 0.6 is 23.4 Å². The summed E-state index contributed by atoms with van der Waals surface area (Å²) in [4.78, 5) is 0.791. The molecule has 0 spiro atoms. The lowest BCUT2D eigenvalue weighted by Gasteiger charge is -2.08. The maximum absolute atomic E-state index is 9.18. The van der Waals surface area contributed by atoms with Crippen LogP contribution in [0.4, 0.5) is 0 Å². The van der Waals surface area contributed by atoms with Crippen LogP contribution in [0.5, 0.6) is 0 Å². The molecule has 5 N–H and O–H groups in total. The third kappa shape index (κ3) is 3.68. The summed E-state index contributed by atoms with van der Waals surface area (Å²) in [5, 5.41) is 25.6. The van der Waals surface area contributed by atoms with Gasteiger partial charge in [0.1, 0.15) is 5.84 Å². The van der Waals surface area contributed by atoms with Crippen molar-refractivity contribution in [3.8, 4) is 0 Å². The van der Waals surface area contributed by atoms with Crippen LogP contribution in [0, 0.1) is 5.41 Å². The normalized spacial score (nSPS) is 12.4. The first kappa shape index (κ1) is 13.3. The van der Waals surface area contributed by atoms with E-state index in [9.17, 15) is 5.11 Å². The Kier molecular flexibility index (Phi) is 5.08. The van der Waals surface area contributed by atoms with Gasteiger partial charge >= 0.3 is 0 Å². The fourth-order valence-electron chi connectivity index (χ4n) is 1.02. The van der Waals surface area contributed by atoms with Crippen LogP contribution in [0.15, 0.2) is 23.1 Å². The summed E-state index contributed by atoms with van der Waals surface area (Å²) in [5.41, 5.74) is 5.89. The first-order chi connectivity index (χ1) is 7.54. The van der Waals surface area contributed by atoms with Crippen molar-refractivity contribution in [1.29, 1.82) is 5.41 Å². The molecule has 4 nitrogen and oxygen atoms in total. The maximum atomic E-state index is 9.18. The third-order valence-corrected chi connectivity index (χ3v) is 3.53. The Morgan fingerprint density at radius 3 is 2.75 bits per heavy atom. The van der Waals surface area contributed by atoms with Gasteiger partial charge in [0.2, 0.25) is 0 Å². The highest BCUT2D eigenvalue weighted by Crippen LogP contribution is 2.28. The highest BCUT2D eigenvalue weighted by molar-refractivity contribution is 7.99. The van der Waals surface area contributed by atoms with Gasteiger partial charge in [0.15, 0.2) is 0 Å². The molecular weight excluding hydrogens is 248 g/mol. The molecule has 0 saturated heterocycles. The zero-order chi connectivity index (χ0) is 12.1. The fourth-order valence-corrected chi connectivity index (χ4v) is 2.21. The molecule has 6 heteroatoms.